The van der Waals surface area contributed by atoms with Crippen molar-refractivity contribution in [3.05, 3.63) is 64.7 Å². The molecule has 5 nitrogen and oxygen atoms in total. The molecule has 0 bridgehead atoms. The average molecular weight is 456 g/mol. The third kappa shape index (κ3) is 5.35. The van der Waals surface area contributed by atoms with E-state index in [4.69, 9.17) is 9.16 Å². The molecule has 1 atom stereocenters. The highest BCUT2D eigenvalue weighted by Crippen LogP contribution is 2.38. The van der Waals surface area contributed by atoms with E-state index >= 15 is 0 Å². The van der Waals surface area contributed by atoms with Crippen LogP contribution in [0.15, 0.2) is 42.5 Å². The fourth-order valence-corrected chi connectivity index (χ4v) is 4.77. The second kappa shape index (κ2) is 9.67. The van der Waals surface area contributed by atoms with Gasteiger partial charge in [-0.05, 0) is 47.7 Å². The Kier molecular flexibility index (Phi) is 7.35. The van der Waals surface area contributed by atoms with E-state index in [2.05, 4.69) is 39.9 Å². The molecule has 1 aliphatic heterocycles. The molecule has 0 saturated heterocycles. The number of fused-ring (bicyclic) bond motifs is 1. The first-order valence-electron chi connectivity index (χ1n) is 11.5. The minimum absolute atomic E-state index is 0.0898. The third-order valence-corrected chi connectivity index (χ3v) is 11.5. The summed E-state index contributed by atoms with van der Waals surface area (Å²) in [5.74, 6) is 0.301. The zero-order chi connectivity index (χ0) is 23.5. The van der Waals surface area contributed by atoms with Crippen molar-refractivity contribution in [3.63, 3.8) is 0 Å². The van der Waals surface area contributed by atoms with Crippen LogP contribution in [0.25, 0.3) is 0 Å². The highest BCUT2D eigenvalue weighted by atomic mass is 28.4. The van der Waals surface area contributed by atoms with Gasteiger partial charge in [0.15, 0.2) is 8.32 Å². The van der Waals surface area contributed by atoms with Crippen LogP contribution in [-0.4, -0.2) is 37.1 Å². The molecular weight excluding hydrogens is 418 g/mol. The predicted molar refractivity (Wildman–Crippen MR) is 130 cm³/mol. The smallest absolute Gasteiger partial charge is 0.410 e. The van der Waals surface area contributed by atoms with Crippen LogP contribution in [0.4, 0.5) is 4.79 Å². The van der Waals surface area contributed by atoms with Crippen LogP contribution >= 0.6 is 0 Å². The van der Waals surface area contributed by atoms with Gasteiger partial charge in [0.1, 0.15) is 12.4 Å². The topological polar surface area (TPSA) is 59.0 Å². The lowest BCUT2D eigenvalue weighted by atomic mass is 9.91. The molecule has 0 unspecified atom stereocenters. The summed E-state index contributed by atoms with van der Waals surface area (Å²) in [6.45, 7) is 14.1. The van der Waals surface area contributed by atoms with Gasteiger partial charge < -0.3 is 14.3 Å². The first-order valence-corrected chi connectivity index (χ1v) is 14.4. The Bertz CT molecular complexity index is 937. The molecule has 32 heavy (non-hydrogen) atoms. The molecule has 2 aromatic carbocycles. The van der Waals surface area contributed by atoms with Gasteiger partial charge in [-0.3, -0.25) is 4.90 Å². The van der Waals surface area contributed by atoms with E-state index < -0.39 is 8.32 Å². The molecule has 0 saturated carbocycles. The number of hydrogen-bond acceptors (Lipinski definition) is 4. The van der Waals surface area contributed by atoms with Crippen LogP contribution < -0.4 is 0 Å². The molecule has 3 rings (SSSR count). The number of nitrogens with zero attached hydrogens (tertiary/aromatic N) is 1. The van der Waals surface area contributed by atoms with Gasteiger partial charge in [-0.15, -0.1) is 0 Å². The predicted octanol–water partition coefficient (Wildman–Crippen LogP) is 6.04. The normalized spacial score (nSPS) is 16.6. The van der Waals surface area contributed by atoms with Crippen LogP contribution in [0, 0.1) is 0 Å². The van der Waals surface area contributed by atoms with Gasteiger partial charge in [0.05, 0.1) is 19.2 Å². The highest BCUT2D eigenvalue weighted by molar-refractivity contribution is 6.74. The molecule has 1 N–H and O–H groups in total. The molecule has 2 aromatic rings. The SMILES string of the molecule is CCc1ccc2c(c1O)CN(C(=O)OCc1ccccc1)[C@@H](CO[Si](C)(C)C(C)(C)C)C2. The number of carbonyl (C=O) groups is 1. The molecule has 0 fully saturated rings. The minimum atomic E-state index is -1.97. The zero-order valence-electron chi connectivity index (χ0n) is 20.3. The van der Waals surface area contributed by atoms with Gasteiger partial charge in [-0.25, -0.2) is 4.79 Å². The number of rotatable bonds is 6. The summed E-state index contributed by atoms with van der Waals surface area (Å²) < 4.78 is 12.2. The Hall–Kier alpha value is -2.31. The van der Waals surface area contributed by atoms with Gasteiger partial charge in [-0.1, -0.05) is 70.2 Å². The number of phenolic OH excluding ortho intramolecular Hbond substituents is 1. The molecule has 1 aliphatic rings. The van der Waals surface area contributed by atoms with Crippen LogP contribution in [-0.2, 0) is 35.2 Å². The first kappa shape index (κ1) is 24.3. The van der Waals surface area contributed by atoms with Crippen molar-refractivity contribution in [3.8, 4) is 5.75 Å². The first-order chi connectivity index (χ1) is 15.0. The van der Waals surface area contributed by atoms with E-state index in [-0.39, 0.29) is 23.8 Å². The molecule has 0 radical (unpaired) electrons. The summed E-state index contributed by atoms with van der Waals surface area (Å²) >= 11 is 0. The van der Waals surface area contributed by atoms with Gasteiger partial charge in [0.25, 0.3) is 0 Å². The summed E-state index contributed by atoms with van der Waals surface area (Å²) in [6, 6.07) is 13.6. The Labute approximate surface area is 193 Å². The number of amides is 1. The summed E-state index contributed by atoms with van der Waals surface area (Å²) in [6.07, 6.45) is 1.02. The lowest BCUT2D eigenvalue weighted by Gasteiger charge is -2.41. The number of carbonyl (C=O) groups excluding carboxylic acids is 1. The minimum Gasteiger partial charge on any atom is -0.507 e. The number of aromatic hydroxyl groups is 1. The van der Waals surface area contributed by atoms with Crippen LogP contribution in [0.5, 0.6) is 5.75 Å². The van der Waals surface area contributed by atoms with E-state index in [1.165, 1.54) is 0 Å². The molecule has 0 spiro atoms. The average Bonchev–Trinajstić information content (AvgIpc) is 2.76. The Morgan fingerprint density at radius 1 is 1.16 bits per heavy atom. The van der Waals surface area contributed by atoms with E-state index in [9.17, 15) is 9.90 Å². The summed E-state index contributed by atoms with van der Waals surface area (Å²) in [4.78, 5) is 14.9. The quantitative estimate of drug-likeness (QED) is 0.540. The number of aryl methyl sites for hydroxylation is 1. The monoisotopic (exact) mass is 455 g/mol. The summed E-state index contributed by atoms with van der Waals surface area (Å²) in [5.41, 5.74) is 3.75. The Morgan fingerprint density at radius 2 is 1.84 bits per heavy atom. The third-order valence-electron chi connectivity index (χ3n) is 6.95. The second-order valence-corrected chi connectivity index (χ2v) is 15.0. The molecular formula is C26H37NO4Si. The van der Waals surface area contributed by atoms with Crippen molar-refractivity contribution in [2.24, 2.45) is 0 Å². The molecule has 0 aliphatic carbocycles. The van der Waals surface area contributed by atoms with E-state index in [1.54, 1.807) is 4.90 Å². The molecule has 1 amide bonds. The zero-order valence-corrected chi connectivity index (χ0v) is 21.3. The molecule has 6 heteroatoms. The van der Waals surface area contributed by atoms with E-state index in [0.717, 1.165) is 28.7 Å². The van der Waals surface area contributed by atoms with Crippen LogP contribution in [0.3, 0.4) is 0 Å². The largest absolute Gasteiger partial charge is 0.507 e. The fourth-order valence-electron chi connectivity index (χ4n) is 3.73. The standard InChI is InChI=1S/C26H37NO4Si/c1-7-20-13-14-21-15-22(18-31-32(5,6)26(2,3)4)27(16-23(21)24(20)28)25(29)30-17-19-11-9-8-10-12-19/h8-14,22,28H,7,15-18H2,1-6H3/t22-/m1/s1. The van der Waals surface area contributed by atoms with Crippen LogP contribution in [0.2, 0.25) is 18.1 Å². The van der Waals surface area contributed by atoms with E-state index in [0.29, 0.717) is 25.3 Å². The molecule has 1 heterocycles. The van der Waals surface area contributed by atoms with Gasteiger partial charge in [0.2, 0.25) is 0 Å². The highest BCUT2D eigenvalue weighted by Gasteiger charge is 2.40. The second-order valence-electron chi connectivity index (χ2n) is 10.2. The van der Waals surface area contributed by atoms with Crippen molar-refractivity contribution in [2.75, 3.05) is 6.61 Å². The maximum Gasteiger partial charge on any atom is 0.410 e. The van der Waals surface area contributed by atoms with Crippen molar-refractivity contribution in [1.82, 2.24) is 4.90 Å². The van der Waals surface area contributed by atoms with Crippen molar-refractivity contribution in [1.29, 1.82) is 0 Å². The maximum atomic E-state index is 13.2. The van der Waals surface area contributed by atoms with Crippen molar-refractivity contribution in [2.45, 2.75) is 77.9 Å². The van der Waals surface area contributed by atoms with Crippen molar-refractivity contribution < 1.29 is 19.1 Å². The summed E-state index contributed by atoms with van der Waals surface area (Å²) in [7, 11) is -1.97. The molecule has 0 aromatic heterocycles. The number of hydrogen-bond donors (Lipinski definition) is 1. The van der Waals surface area contributed by atoms with Gasteiger partial charge in [0, 0.05) is 5.56 Å². The van der Waals surface area contributed by atoms with Crippen LogP contribution in [0.1, 0.15) is 49.9 Å². The lowest BCUT2D eigenvalue weighted by Crippen LogP contribution is -2.50. The van der Waals surface area contributed by atoms with Gasteiger partial charge >= 0.3 is 6.09 Å². The Morgan fingerprint density at radius 3 is 2.47 bits per heavy atom. The Balaban J connectivity index is 1.82. The number of ether oxygens (including phenoxy) is 1. The number of phenols is 1. The van der Waals surface area contributed by atoms with E-state index in [1.807, 2.05) is 43.3 Å². The lowest BCUT2D eigenvalue weighted by molar-refractivity contribution is 0.0575. The maximum absolute atomic E-state index is 13.2. The molecule has 174 valence electrons. The van der Waals surface area contributed by atoms with Crippen molar-refractivity contribution >= 4 is 14.4 Å². The fraction of sp³-hybridized carbons (Fsp3) is 0.500. The number of benzene rings is 2. The summed E-state index contributed by atoms with van der Waals surface area (Å²) in [5, 5.41) is 10.9. The van der Waals surface area contributed by atoms with Gasteiger partial charge in [-0.2, -0.15) is 0 Å².